The third-order valence-corrected chi connectivity index (χ3v) is 6.02. The highest BCUT2D eigenvalue weighted by atomic mass is 16.2. The van der Waals surface area contributed by atoms with Crippen LogP contribution >= 0.6 is 0 Å². The Bertz CT molecular complexity index is 952. The van der Waals surface area contributed by atoms with Crippen molar-refractivity contribution in [2.45, 2.75) is 46.5 Å². The fraction of sp³-hybridized carbons (Fsp3) is 0.480. The molecule has 1 aromatic carbocycles. The highest BCUT2D eigenvalue weighted by Gasteiger charge is 2.24. The van der Waals surface area contributed by atoms with Crippen LogP contribution in [0.15, 0.2) is 36.4 Å². The van der Waals surface area contributed by atoms with Crippen molar-refractivity contribution in [2.24, 2.45) is 5.92 Å². The van der Waals surface area contributed by atoms with E-state index >= 15 is 0 Å². The summed E-state index contributed by atoms with van der Waals surface area (Å²) in [4.78, 5) is 39.6. The molecule has 0 spiro atoms. The summed E-state index contributed by atoms with van der Waals surface area (Å²) < 4.78 is 1.69. The first kappa shape index (κ1) is 23.7. The third-order valence-electron chi connectivity index (χ3n) is 6.02. The maximum Gasteiger partial charge on any atom is 0.270 e. The first-order chi connectivity index (χ1) is 15.4. The zero-order chi connectivity index (χ0) is 23.1. The molecule has 1 aliphatic heterocycles. The van der Waals surface area contributed by atoms with E-state index in [2.05, 4.69) is 15.6 Å². The second-order valence-corrected chi connectivity index (χ2v) is 8.65. The van der Waals surface area contributed by atoms with E-state index in [0.717, 1.165) is 43.7 Å². The Labute approximate surface area is 190 Å². The van der Waals surface area contributed by atoms with Gasteiger partial charge in [-0.2, -0.15) is 0 Å². The minimum atomic E-state index is -0.213. The standard InChI is InChI=1S/C25H34N4O3/c1-4-9-24(31)26-15-20-10-8-13-28(16-20)17-23(30)22-14-18(2)29(19(22)3)27-25(32)21-11-6-5-7-12-21/h5-7,11-12,14,20H,4,8-10,13,15-17H2,1-3H3,(H,26,31)(H,27,32). The lowest BCUT2D eigenvalue weighted by Crippen LogP contribution is -2.43. The number of piperidine rings is 1. The number of aromatic nitrogens is 1. The smallest absolute Gasteiger partial charge is 0.270 e. The number of hydrogen-bond acceptors (Lipinski definition) is 4. The molecule has 7 nitrogen and oxygen atoms in total. The van der Waals surface area contributed by atoms with E-state index in [1.165, 1.54) is 0 Å². The molecule has 32 heavy (non-hydrogen) atoms. The average molecular weight is 439 g/mol. The first-order valence-electron chi connectivity index (χ1n) is 11.5. The van der Waals surface area contributed by atoms with Gasteiger partial charge in [0.1, 0.15) is 0 Å². The highest BCUT2D eigenvalue weighted by molar-refractivity contribution is 6.01. The van der Waals surface area contributed by atoms with Gasteiger partial charge in [0, 0.05) is 42.0 Å². The van der Waals surface area contributed by atoms with Gasteiger partial charge in [-0.05, 0) is 63.8 Å². The highest BCUT2D eigenvalue weighted by Crippen LogP contribution is 2.19. The van der Waals surface area contributed by atoms with Crippen LogP contribution in [-0.4, -0.2) is 53.4 Å². The van der Waals surface area contributed by atoms with Crippen LogP contribution in [0.3, 0.4) is 0 Å². The number of aryl methyl sites for hydroxylation is 1. The van der Waals surface area contributed by atoms with Crippen LogP contribution < -0.4 is 10.7 Å². The van der Waals surface area contributed by atoms with Crippen molar-refractivity contribution in [3.8, 4) is 0 Å². The van der Waals surface area contributed by atoms with E-state index in [4.69, 9.17) is 0 Å². The summed E-state index contributed by atoms with van der Waals surface area (Å²) in [5.41, 5.74) is 5.64. The summed E-state index contributed by atoms with van der Waals surface area (Å²) in [5.74, 6) is 0.310. The lowest BCUT2D eigenvalue weighted by molar-refractivity contribution is -0.121. The van der Waals surface area contributed by atoms with Crippen molar-refractivity contribution in [1.82, 2.24) is 14.9 Å². The van der Waals surface area contributed by atoms with Gasteiger partial charge in [-0.1, -0.05) is 25.1 Å². The van der Waals surface area contributed by atoms with Crippen LogP contribution in [0.2, 0.25) is 0 Å². The van der Waals surface area contributed by atoms with Crippen LogP contribution in [0.4, 0.5) is 0 Å². The zero-order valence-electron chi connectivity index (χ0n) is 19.3. The number of benzene rings is 1. The van der Waals surface area contributed by atoms with E-state index in [1.54, 1.807) is 16.8 Å². The molecule has 172 valence electrons. The lowest BCUT2D eigenvalue weighted by atomic mass is 9.97. The van der Waals surface area contributed by atoms with Crippen LogP contribution in [0.1, 0.15) is 64.7 Å². The van der Waals surface area contributed by atoms with Gasteiger partial charge in [0.15, 0.2) is 5.78 Å². The second kappa shape index (κ2) is 11.1. The molecule has 3 rings (SSSR count). The van der Waals surface area contributed by atoms with Crippen LogP contribution in [0, 0.1) is 19.8 Å². The average Bonchev–Trinajstić information content (AvgIpc) is 3.07. The van der Waals surface area contributed by atoms with Crippen molar-refractivity contribution >= 4 is 17.6 Å². The molecule has 0 bridgehead atoms. The molecular formula is C25H34N4O3. The fourth-order valence-corrected chi connectivity index (χ4v) is 4.30. The molecular weight excluding hydrogens is 404 g/mol. The monoisotopic (exact) mass is 438 g/mol. The zero-order valence-corrected chi connectivity index (χ0v) is 19.3. The van der Waals surface area contributed by atoms with Crippen molar-refractivity contribution in [3.63, 3.8) is 0 Å². The normalized spacial score (nSPS) is 16.5. The van der Waals surface area contributed by atoms with Gasteiger partial charge >= 0.3 is 0 Å². The van der Waals surface area contributed by atoms with Gasteiger partial charge in [-0.25, -0.2) is 0 Å². The molecule has 0 saturated carbocycles. The van der Waals surface area contributed by atoms with Gasteiger partial charge in [0.2, 0.25) is 5.91 Å². The number of hydrogen-bond donors (Lipinski definition) is 2. The summed E-state index contributed by atoms with van der Waals surface area (Å²) in [6, 6.07) is 10.9. The number of nitrogens with one attached hydrogen (secondary N) is 2. The lowest BCUT2D eigenvalue weighted by Gasteiger charge is -2.32. The number of carbonyl (C=O) groups excluding carboxylic acids is 3. The van der Waals surface area contributed by atoms with Crippen LogP contribution in [0.5, 0.6) is 0 Å². The molecule has 2 aromatic rings. The Kier molecular flexibility index (Phi) is 8.22. The molecule has 7 heteroatoms. The third kappa shape index (κ3) is 6.07. The van der Waals surface area contributed by atoms with E-state index in [-0.39, 0.29) is 17.6 Å². The quantitative estimate of drug-likeness (QED) is 0.589. The van der Waals surface area contributed by atoms with Gasteiger partial charge in [0.25, 0.3) is 5.91 Å². The largest absolute Gasteiger partial charge is 0.356 e. The predicted octanol–water partition coefficient (Wildman–Crippen LogP) is 3.30. The molecule has 2 heterocycles. The minimum absolute atomic E-state index is 0.0500. The van der Waals surface area contributed by atoms with E-state index in [1.807, 2.05) is 45.0 Å². The topological polar surface area (TPSA) is 83.4 Å². The molecule has 1 aliphatic rings. The van der Waals surface area contributed by atoms with Gasteiger partial charge in [0.05, 0.1) is 6.54 Å². The van der Waals surface area contributed by atoms with Crippen molar-refractivity contribution in [3.05, 3.63) is 58.9 Å². The predicted molar refractivity (Wildman–Crippen MR) is 125 cm³/mol. The molecule has 0 radical (unpaired) electrons. The molecule has 2 N–H and O–H groups in total. The van der Waals surface area contributed by atoms with Crippen molar-refractivity contribution in [1.29, 1.82) is 0 Å². The number of ketones is 1. The number of rotatable bonds is 9. The molecule has 1 atom stereocenters. The molecule has 1 fully saturated rings. The summed E-state index contributed by atoms with van der Waals surface area (Å²) in [6.45, 7) is 8.44. The van der Waals surface area contributed by atoms with Crippen LogP contribution in [-0.2, 0) is 4.79 Å². The van der Waals surface area contributed by atoms with Crippen LogP contribution in [0.25, 0.3) is 0 Å². The number of likely N-dealkylation sites (tertiary alicyclic amines) is 1. The molecule has 2 amide bonds. The first-order valence-corrected chi connectivity index (χ1v) is 11.5. The minimum Gasteiger partial charge on any atom is -0.356 e. The summed E-state index contributed by atoms with van der Waals surface area (Å²) in [5, 5.41) is 3.02. The Morgan fingerprint density at radius 1 is 1.12 bits per heavy atom. The second-order valence-electron chi connectivity index (χ2n) is 8.65. The summed E-state index contributed by atoms with van der Waals surface area (Å²) in [6.07, 6.45) is 3.50. The molecule has 1 aromatic heterocycles. The molecule has 1 unspecified atom stereocenters. The number of amides is 2. The number of nitrogens with zero attached hydrogens (tertiary/aromatic N) is 2. The fourth-order valence-electron chi connectivity index (χ4n) is 4.30. The maximum absolute atomic E-state index is 13.1. The maximum atomic E-state index is 13.1. The molecule has 1 saturated heterocycles. The Balaban J connectivity index is 1.60. The number of carbonyl (C=O) groups is 3. The van der Waals surface area contributed by atoms with Gasteiger partial charge < -0.3 is 5.32 Å². The van der Waals surface area contributed by atoms with Crippen molar-refractivity contribution in [2.75, 3.05) is 31.6 Å². The van der Waals surface area contributed by atoms with Gasteiger partial charge in [-0.3, -0.25) is 29.4 Å². The van der Waals surface area contributed by atoms with E-state index in [0.29, 0.717) is 36.6 Å². The van der Waals surface area contributed by atoms with E-state index in [9.17, 15) is 14.4 Å². The van der Waals surface area contributed by atoms with E-state index < -0.39 is 0 Å². The molecule has 0 aliphatic carbocycles. The van der Waals surface area contributed by atoms with Crippen molar-refractivity contribution < 1.29 is 14.4 Å². The van der Waals surface area contributed by atoms with Gasteiger partial charge in [-0.15, -0.1) is 0 Å². The summed E-state index contributed by atoms with van der Waals surface area (Å²) in [7, 11) is 0. The Morgan fingerprint density at radius 2 is 1.88 bits per heavy atom. The Morgan fingerprint density at radius 3 is 2.59 bits per heavy atom. The summed E-state index contributed by atoms with van der Waals surface area (Å²) >= 11 is 0. The SMILES string of the molecule is CCCC(=O)NCC1CCCN(CC(=O)c2cc(C)n(NC(=O)c3ccccc3)c2C)C1. The Hall–Kier alpha value is -2.93. The number of Topliss-reactive ketones (excluding diaryl/α,β-unsaturated/α-hetero) is 1.